The van der Waals surface area contributed by atoms with Gasteiger partial charge in [-0.1, -0.05) is 52.0 Å². The zero-order valence-electron chi connectivity index (χ0n) is 25.4. The monoisotopic (exact) mass is 564 g/mol. The van der Waals surface area contributed by atoms with E-state index in [9.17, 15) is 9.46 Å². The van der Waals surface area contributed by atoms with Crippen LogP contribution in [0.1, 0.15) is 51.7 Å². The van der Waals surface area contributed by atoms with Gasteiger partial charge in [-0.25, -0.2) is 4.57 Å². The Kier molecular flexibility index (Phi) is 12.0. The minimum atomic E-state index is -4.66. The van der Waals surface area contributed by atoms with E-state index in [1.54, 1.807) is 14.2 Å². The highest BCUT2D eigenvalue weighted by Crippen LogP contribution is 2.60. The van der Waals surface area contributed by atoms with E-state index in [1.807, 2.05) is 114 Å². The van der Waals surface area contributed by atoms with Crippen molar-refractivity contribution < 1.29 is 28.0 Å². The Labute approximate surface area is 235 Å². The third-order valence-corrected chi connectivity index (χ3v) is 8.71. The Balaban J connectivity index is 2.67. The maximum atomic E-state index is 14.2. The maximum Gasteiger partial charge on any atom is 0.473 e. The molecule has 2 rings (SSSR count). The van der Waals surface area contributed by atoms with Crippen LogP contribution in [0, 0.1) is 11.8 Å². The Morgan fingerprint density at radius 3 is 1.41 bits per heavy atom. The minimum absolute atomic E-state index is 0.152. The summed E-state index contributed by atoms with van der Waals surface area (Å²) in [7, 11) is 6.46. The van der Waals surface area contributed by atoms with Crippen LogP contribution in [0.4, 0.5) is 0 Å². The zero-order chi connectivity index (χ0) is 29.4. The molecule has 1 N–H and O–H groups in total. The SMILES string of the molecule is CC[C@@](OP(=O)(O)O[C@](CC)(c1cccc(OC)c1)[C@@H](C)CN(C)C)(c1cccc(OC)c1)[C@@H](C)CN(C)C. The van der Waals surface area contributed by atoms with Gasteiger partial charge in [0.05, 0.1) is 14.2 Å². The fraction of sp³-hybridized carbons (Fsp3) is 0.600. The summed E-state index contributed by atoms with van der Waals surface area (Å²) in [5.41, 5.74) is -0.688. The van der Waals surface area contributed by atoms with E-state index in [1.165, 1.54) is 0 Å². The highest BCUT2D eigenvalue weighted by atomic mass is 31.2. The summed E-state index contributed by atoms with van der Waals surface area (Å²) in [6.45, 7) is 9.28. The molecule has 0 aromatic heterocycles. The van der Waals surface area contributed by atoms with Crippen LogP contribution < -0.4 is 9.47 Å². The molecule has 0 heterocycles. The lowest BCUT2D eigenvalue weighted by atomic mass is 9.80. The molecular weight excluding hydrogens is 515 g/mol. The summed E-state index contributed by atoms with van der Waals surface area (Å²) < 4.78 is 37.9. The van der Waals surface area contributed by atoms with Gasteiger partial charge in [-0.15, -0.1) is 0 Å². The molecule has 0 spiro atoms. The second kappa shape index (κ2) is 14.1. The summed E-state index contributed by atoms with van der Waals surface area (Å²) in [6, 6.07) is 15.0. The van der Waals surface area contributed by atoms with E-state index in [4.69, 9.17) is 18.5 Å². The molecule has 0 radical (unpaired) electrons. The molecule has 4 atom stereocenters. The molecule has 0 aliphatic rings. The van der Waals surface area contributed by atoms with Crippen molar-refractivity contribution in [2.75, 3.05) is 55.5 Å². The lowest BCUT2D eigenvalue weighted by Crippen LogP contribution is -2.43. The Morgan fingerprint density at radius 2 is 1.13 bits per heavy atom. The van der Waals surface area contributed by atoms with Crippen molar-refractivity contribution in [3.8, 4) is 11.5 Å². The maximum absolute atomic E-state index is 14.2. The van der Waals surface area contributed by atoms with Crippen LogP contribution in [-0.2, 0) is 24.8 Å². The highest BCUT2D eigenvalue weighted by molar-refractivity contribution is 7.47. The van der Waals surface area contributed by atoms with Crippen LogP contribution in [0.5, 0.6) is 11.5 Å². The van der Waals surface area contributed by atoms with E-state index >= 15 is 0 Å². The Hall–Kier alpha value is -1.93. The number of benzene rings is 2. The lowest BCUT2D eigenvalue weighted by molar-refractivity contribution is -0.0797. The summed E-state index contributed by atoms with van der Waals surface area (Å²) in [4.78, 5) is 15.7. The molecule has 0 fully saturated rings. The Bertz CT molecular complexity index is 1020. The van der Waals surface area contributed by atoms with Crippen LogP contribution in [0.2, 0.25) is 0 Å². The minimum Gasteiger partial charge on any atom is -0.497 e. The first-order valence-electron chi connectivity index (χ1n) is 13.6. The molecule has 220 valence electrons. The highest BCUT2D eigenvalue weighted by Gasteiger charge is 2.50. The molecule has 0 unspecified atom stereocenters. The van der Waals surface area contributed by atoms with Gasteiger partial charge in [-0.05, 0) is 76.4 Å². The smallest absolute Gasteiger partial charge is 0.473 e. The normalized spacial score (nSPS) is 16.9. The van der Waals surface area contributed by atoms with Crippen molar-refractivity contribution >= 4 is 7.82 Å². The summed E-state index contributed by atoms with van der Waals surface area (Å²) >= 11 is 0. The van der Waals surface area contributed by atoms with Gasteiger partial charge in [0.15, 0.2) is 0 Å². The van der Waals surface area contributed by atoms with Crippen molar-refractivity contribution in [1.29, 1.82) is 0 Å². The van der Waals surface area contributed by atoms with Crippen molar-refractivity contribution in [2.45, 2.75) is 51.7 Å². The number of nitrogens with zero attached hydrogens (tertiary/aromatic N) is 2. The molecule has 39 heavy (non-hydrogen) atoms. The second-order valence-corrected chi connectivity index (χ2v) is 12.2. The number of phosphoric acid groups is 1. The molecule has 8 nitrogen and oxygen atoms in total. The van der Waals surface area contributed by atoms with Gasteiger partial charge in [0, 0.05) is 24.9 Å². The average Bonchev–Trinajstić information content (AvgIpc) is 2.89. The van der Waals surface area contributed by atoms with Gasteiger partial charge in [-0.3, -0.25) is 9.05 Å². The zero-order valence-corrected chi connectivity index (χ0v) is 26.3. The van der Waals surface area contributed by atoms with Crippen LogP contribution >= 0.6 is 7.82 Å². The van der Waals surface area contributed by atoms with Crippen molar-refractivity contribution in [3.05, 3.63) is 59.7 Å². The predicted molar refractivity (Wildman–Crippen MR) is 157 cm³/mol. The standard InChI is InChI=1S/C30H49N2O6P/c1-11-29(23(3)21-31(5)6,25-15-13-17-27(19-25)35-9)37-39(33,34)38-30(12-2,24(4)22-32(7)8)26-16-14-18-28(20-26)36-10/h13-20,23-24H,11-12,21-22H2,1-10H3,(H,33,34)/t23-,24-,29-,30-/m0/s1. The number of methoxy groups -OCH3 is 2. The molecule has 0 bridgehead atoms. The van der Waals surface area contributed by atoms with Crippen molar-refractivity contribution in [2.24, 2.45) is 11.8 Å². The van der Waals surface area contributed by atoms with E-state index in [0.717, 1.165) is 11.1 Å². The van der Waals surface area contributed by atoms with Crippen molar-refractivity contribution in [3.63, 3.8) is 0 Å². The number of phosphoric ester groups is 1. The van der Waals surface area contributed by atoms with E-state index < -0.39 is 19.0 Å². The number of ether oxygens (including phenoxy) is 2. The molecular formula is C30H49N2O6P. The fourth-order valence-electron chi connectivity index (χ4n) is 5.68. The van der Waals surface area contributed by atoms with Crippen LogP contribution in [0.25, 0.3) is 0 Å². The number of hydrogen-bond acceptors (Lipinski definition) is 7. The second-order valence-electron chi connectivity index (χ2n) is 10.9. The van der Waals surface area contributed by atoms with Crippen LogP contribution in [-0.4, -0.2) is 70.2 Å². The van der Waals surface area contributed by atoms with Gasteiger partial charge in [0.1, 0.15) is 22.7 Å². The molecule has 2 aromatic rings. The van der Waals surface area contributed by atoms with Crippen LogP contribution in [0.3, 0.4) is 0 Å². The molecule has 2 aromatic carbocycles. The van der Waals surface area contributed by atoms with Crippen molar-refractivity contribution in [1.82, 2.24) is 9.80 Å². The van der Waals surface area contributed by atoms with Gasteiger partial charge in [0.2, 0.25) is 0 Å². The van der Waals surface area contributed by atoms with E-state index in [2.05, 4.69) is 0 Å². The van der Waals surface area contributed by atoms with E-state index in [0.29, 0.717) is 37.4 Å². The van der Waals surface area contributed by atoms with E-state index in [-0.39, 0.29) is 11.8 Å². The first-order valence-corrected chi connectivity index (χ1v) is 15.1. The number of rotatable bonds is 16. The quantitative estimate of drug-likeness (QED) is 0.244. The first kappa shape index (κ1) is 33.3. The predicted octanol–water partition coefficient (Wildman–Crippen LogP) is 6.14. The first-order chi connectivity index (χ1) is 18.3. The Morgan fingerprint density at radius 1 is 0.769 bits per heavy atom. The third kappa shape index (κ3) is 8.06. The third-order valence-electron chi connectivity index (χ3n) is 7.59. The topological polar surface area (TPSA) is 80.7 Å². The van der Waals surface area contributed by atoms with Gasteiger partial charge < -0.3 is 24.2 Å². The molecule has 0 aliphatic heterocycles. The summed E-state index contributed by atoms with van der Waals surface area (Å²) in [5, 5.41) is 0. The van der Waals surface area contributed by atoms with Crippen LogP contribution in [0.15, 0.2) is 48.5 Å². The molecule has 9 heteroatoms. The van der Waals surface area contributed by atoms with Gasteiger partial charge in [0.25, 0.3) is 0 Å². The average molecular weight is 565 g/mol. The molecule has 0 saturated carbocycles. The largest absolute Gasteiger partial charge is 0.497 e. The summed E-state index contributed by atoms with van der Waals surface area (Å²) in [6.07, 6.45) is 0.906. The molecule has 0 aliphatic carbocycles. The fourth-order valence-corrected chi connectivity index (χ4v) is 7.37. The molecule has 0 amide bonds. The van der Waals surface area contributed by atoms with Gasteiger partial charge in [-0.2, -0.15) is 0 Å². The summed E-state index contributed by atoms with van der Waals surface area (Å²) in [5.74, 6) is 0.999. The number of hydrogen-bond donors (Lipinski definition) is 1. The lowest BCUT2D eigenvalue weighted by Gasteiger charge is -2.44. The van der Waals surface area contributed by atoms with Gasteiger partial charge >= 0.3 is 7.82 Å². The molecule has 0 saturated heterocycles.